The lowest BCUT2D eigenvalue weighted by atomic mass is 10.1. The first-order valence-electron chi connectivity index (χ1n) is 9.67. The maximum atomic E-state index is 12.6. The minimum Gasteiger partial charge on any atom is -0.497 e. The van der Waals surface area contributed by atoms with Gasteiger partial charge in [-0.25, -0.2) is 0 Å². The molecular weight excluding hydrogens is 382 g/mol. The number of ether oxygens (including phenoxy) is 3. The molecule has 6 nitrogen and oxygen atoms in total. The normalized spacial score (nSPS) is 11.4. The molecule has 6 heteroatoms. The van der Waals surface area contributed by atoms with E-state index in [2.05, 4.69) is 5.32 Å². The van der Waals surface area contributed by atoms with E-state index in [1.165, 1.54) is 0 Å². The Bertz CT molecular complexity index is 928. The van der Waals surface area contributed by atoms with Crippen LogP contribution in [-0.2, 0) is 0 Å². The number of nitrogens with one attached hydrogen (secondary N) is 1. The minimum atomic E-state index is -0.827. The summed E-state index contributed by atoms with van der Waals surface area (Å²) in [6.07, 6.45) is -0.827. The number of hydrogen-bond donors (Lipinski definition) is 2. The van der Waals surface area contributed by atoms with Crippen LogP contribution in [0.2, 0.25) is 0 Å². The lowest BCUT2D eigenvalue weighted by molar-refractivity contribution is 0.0911. The van der Waals surface area contributed by atoms with Gasteiger partial charge in [0.25, 0.3) is 5.91 Å². The standard InChI is InChI=1S/C24H25NO5/c1-28-19-13-11-18(12-14-19)22(26)17-25-24(27)21-9-5-6-10-23(21)30-16-15-29-20-7-3-2-4-8-20/h2-14,22,26H,15-17H2,1H3,(H,25,27). The van der Waals surface area contributed by atoms with Gasteiger partial charge in [-0.2, -0.15) is 0 Å². The summed E-state index contributed by atoms with van der Waals surface area (Å²) in [6, 6.07) is 23.5. The van der Waals surface area contributed by atoms with E-state index in [1.54, 1.807) is 55.6 Å². The first-order chi connectivity index (χ1) is 14.7. The molecular formula is C24H25NO5. The highest BCUT2D eigenvalue weighted by molar-refractivity contribution is 5.96. The minimum absolute atomic E-state index is 0.0800. The molecule has 0 aromatic heterocycles. The van der Waals surface area contributed by atoms with Gasteiger partial charge in [-0.1, -0.05) is 42.5 Å². The molecule has 2 N–H and O–H groups in total. The summed E-state index contributed by atoms with van der Waals surface area (Å²) in [5, 5.41) is 13.1. The maximum absolute atomic E-state index is 12.6. The molecule has 3 aromatic rings. The number of carbonyl (C=O) groups excluding carboxylic acids is 1. The summed E-state index contributed by atoms with van der Waals surface area (Å²) in [5.41, 5.74) is 1.10. The molecule has 0 fully saturated rings. The van der Waals surface area contributed by atoms with Gasteiger partial charge < -0.3 is 24.6 Å². The number of carbonyl (C=O) groups is 1. The van der Waals surface area contributed by atoms with Crippen molar-refractivity contribution in [3.05, 3.63) is 90.0 Å². The molecule has 0 aliphatic heterocycles. The van der Waals surface area contributed by atoms with Gasteiger partial charge in [-0.05, 0) is 42.0 Å². The SMILES string of the molecule is COc1ccc(C(O)CNC(=O)c2ccccc2OCCOc2ccccc2)cc1. The van der Waals surface area contributed by atoms with Crippen molar-refractivity contribution in [2.75, 3.05) is 26.9 Å². The lowest BCUT2D eigenvalue weighted by Crippen LogP contribution is -2.29. The summed E-state index contributed by atoms with van der Waals surface area (Å²) >= 11 is 0. The Hall–Kier alpha value is -3.51. The molecule has 0 aliphatic rings. The van der Waals surface area contributed by atoms with Crippen LogP contribution in [0.1, 0.15) is 22.0 Å². The molecule has 0 saturated heterocycles. The Kier molecular flexibility index (Phi) is 7.69. The van der Waals surface area contributed by atoms with E-state index >= 15 is 0 Å². The molecule has 0 saturated carbocycles. The van der Waals surface area contributed by atoms with Crippen LogP contribution in [0.3, 0.4) is 0 Å². The second-order valence-electron chi connectivity index (χ2n) is 6.51. The Labute approximate surface area is 176 Å². The smallest absolute Gasteiger partial charge is 0.255 e. The Morgan fingerprint density at radius 1 is 0.867 bits per heavy atom. The average molecular weight is 407 g/mol. The third-order valence-electron chi connectivity index (χ3n) is 4.44. The fourth-order valence-electron chi connectivity index (χ4n) is 2.84. The zero-order valence-corrected chi connectivity index (χ0v) is 16.8. The van der Waals surface area contributed by atoms with Crippen LogP contribution in [0.25, 0.3) is 0 Å². The third-order valence-corrected chi connectivity index (χ3v) is 4.44. The van der Waals surface area contributed by atoms with Gasteiger partial charge in [0, 0.05) is 6.54 Å². The van der Waals surface area contributed by atoms with Crippen LogP contribution in [0, 0.1) is 0 Å². The van der Waals surface area contributed by atoms with E-state index in [9.17, 15) is 9.90 Å². The van der Waals surface area contributed by atoms with Crippen LogP contribution in [0.5, 0.6) is 17.2 Å². The number of hydrogen-bond acceptors (Lipinski definition) is 5. The van der Waals surface area contributed by atoms with Crippen LogP contribution >= 0.6 is 0 Å². The maximum Gasteiger partial charge on any atom is 0.255 e. The number of methoxy groups -OCH3 is 1. The van der Waals surface area contributed by atoms with Gasteiger partial charge in [0.1, 0.15) is 30.5 Å². The summed E-state index contributed by atoms with van der Waals surface area (Å²) in [5.74, 6) is 1.62. The average Bonchev–Trinajstić information content (AvgIpc) is 2.81. The lowest BCUT2D eigenvalue weighted by Gasteiger charge is -2.15. The zero-order valence-electron chi connectivity index (χ0n) is 16.8. The summed E-state index contributed by atoms with van der Waals surface area (Å²) in [6.45, 7) is 0.737. The van der Waals surface area contributed by atoms with Gasteiger partial charge in [0.05, 0.1) is 18.8 Å². The molecule has 0 radical (unpaired) electrons. The molecule has 0 heterocycles. The highest BCUT2D eigenvalue weighted by Crippen LogP contribution is 2.20. The largest absolute Gasteiger partial charge is 0.497 e. The number of aliphatic hydroxyl groups is 1. The fraction of sp³-hybridized carbons (Fsp3) is 0.208. The van der Waals surface area contributed by atoms with Gasteiger partial charge >= 0.3 is 0 Å². The molecule has 1 unspecified atom stereocenters. The molecule has 3 aromatic carbocycles. The molecule has 0 spiro atoms. The Morgan fingerprint density at radius 3 is 2.27 bits per heavy atom. The van der Waals surface area contributed by atoms with Gasteiger partial charge in [-0.15, -0.1) is 0 Å². The zero-order chi connectivity index (χ0) is 21.2. The van der Waals surface area contributed by atoms with Crippen LogP contribution in [-0.4, -0.2) is 37.9 Å². The van der Waals surface area contributed by atoms with Crippen molar-refractivity contribution < 1.29 is 24.1 Å². The van der Waals surface area contributed by atoms with Gasteiger partial charge in [-0.3, -0.25) is 4.79 Å². The van der Waals surface area contributed by atoms with Crippen molar-refractivity contribution in [1.29, 1.82) is 0 Å². The molecule has 30 heavy (non-hydrogen) atoms. The monoisotopic (exact) mass is 407 g/mol. The molecule has 1 amide bonds. The van der Waals surface area contributed by atoms with Crippen LogP contribution in [0.15, 0.2) is 78.9 Å². The van der Waals surface area contributed by atoms with Crippen molar-refractivity contribution in [2.24, 2.45) is 0 Å². The summed E-state index contributed by atoms with van der Waals surface area (Å²) in [7, 11) is 1.58. The topological polar surface area (TPSA) is 77.0 Å². The summed E-state index contributed by atoms with van der Waals surface area (Å²) in [4.78, 5) is 12.6. The van der Waals surface area contributed by atoms with E-state index in [-0.39, 0.29) is 12.5 Å². The van der Waals surface area contributed by atoms with Crippen molar-refractivity contribution in [1.82, 2.24) is 5.32 Å². The number of rotatable bonds is 10. The predicted octanol–water partition coefficient (Wildman–Crippen LogP) is 3.62. The fourth-order valence-corrected chi connectivity index (χ4v) is 2.84. The predicted molar refractivity (Wildman–Crippen MR) is 114 cm³/mol. The first kappa shape index (κ1) is 21.2. The third kappa shape index (κ3) is 5.99. The molecule has 0 bridgehead atoms. The van der Waals surface area contributed by atoms with E-state index in [1.807, 2.05) is 30.3 Å². The van der Waals surface area contributed by atoms with E-state index in [4.69, 9.17) is 14.2 Å². The first-order valence-corrected chi connectivity index (χ1v) is 9.67. The highest BCUT2D eigenvalue weighted by Gasteiger charge is 2.14. The van der Waals surface area contributed by atoms with E-state index in [0.717, 1.165) is 5.75 Å². The number of aliphatic hydroxyl groups excluding tert-OH is 1. The Morgan fingerprint density at radius 2 is 1.53 bits per heavy atom. The van der Waals surface area contributed by atoms with E-state index < -0.39 is 6.10 Å². The molecule has 156 valence electrons. The molecule has 3 rings (SSSR count). The van der Waals surface area contributed by atoms with Gasteiger partial charge in [0.15, 0.2) is 0 Å². The second-order valence-corrected chi connectivity index (χ2v) is 6.51. The van der Waals surface area contributed by atoms with Crippen molar-refractivity contribution in [3.8, 4) is 17.2 Å². The van der Waals surface area contributed by atoms with E-state index in [0.29, 0.717) is 35.8 Å². The molecule has 0 aliphatic carbocycles. The Balaban J connectivity index is 1.51. The number of benzene rings is 3. The highest BCUT2D eigenvalue weighted by atomic mass is 16.5. The van der Waals surface area contributed by atoms with Gasteiger partial charge in [0.2, 0.25) is 0 Å². The quantitative estimate of drug-likeness (QED) is 0.502. The van der Waals surface area contributed by atoms with Crippen molar-refractivity contribution >= 4 is 5.91 Å². The summed E-state index contributed by atoms with van der Waals surface area (Å²) < 4.78 is 16.4. The van der Waals surface area contributed by atoms with Crippen molar-refractivity contribution in [2.45, 2.75) is 6.10 Å². The number of para-hydroxylation sites is 2. The molecule has 1 atom stereocenters. The number of amides is 1. The van der Waals surface area contributed by atoms with Crippen molar-refractivity contribution in [3.63, 3.8) is 0 Å². The van der Waals surface area contributed by atoms with Crippen LogP contribution in [0.4, 0.5) is 0 Å². The van der Waals surface area contributed by atoms with Crippen LogP contribution < -0.4 is 19.5 Å². The second kappa shape index (κ2) is 10.9.